The molecule has 12 heteroatoms. The van der Waals surface area contributed by atoms with Gasteiger partial charge in [0.1, 0.15) is 23.6 Å². The van der Waals surface area contributed by atoms with Crippen LogP contribution in [0.1, 0.15) is 0 Å². The molecule has 0 saturated carbocycles. The number of hydrogen-bond donors (Lipinski definition) is 2. The molecule has 0 bridgehead atoms. The number of anilines is 3. The fourth-order valence-electron chi connectivity index (χ4n) is 2.77. The summed E-state index contributed by atoms with van der Waals surface area (Å²) in [6, 6.07) is 6.85. The van der Waals surface area contributed by atoms with Gasteiger partial charge in [-0.2, -0.15) is 18.2 Å². The molecule has 0 saturated heterocycles. The van der Waals surface area contributed by atoms with Gasteiger partial charge in [-0.3, -0.25) is 4.57 Å². The second-order valence-corrected chi connectivity index (χ2v) is 6.19. The molecule has 0 spiro atoms. The van der Waals surface area contributed by atoms with E-state index in [2.05, 4.69) is 35.6 Å². The standard InChI is InChI=1S/C18H14F4N8/c1-23-16-24-7-6-12(28-16)14-27-13-8-25-17(26-11-4-2-10(19)3-5-11)29-15(13)30(14)9-18(20,21)22/h2-8H,9H2,1H3,(H,23,24,28)(H,25,26,29). The molecule has 4 rings (SSSR count). The molecule has 0 aliphatic heterocycles. The minimum atomic E-state index is -4.52. The highest BCUT2D eigenvalue weighted by Crippen LogP contribution is 2.28. The van der Waals surface area contributed by atoms with Crippen molar-refractivity contribution in [1.29, 1.82) is 0 Å². The molecule has 0 fully saturated rings. The summed E-state index contributed by atoms with van der Waals surface area (Å²) in [5.41, 5.74) is 0.826. The van der Waals surface area contributed by atoms with Gasteiger partial charge in [0.15, 0.2) is 11.5 Å². The summed E-state index contributed by atoms with van der Waals surface area (Å²) in [5.74, 6) is -0.157. The third-order valence-corrected chi connectivity index (χ3v) is 4.03. The lowest BCUT2D eigenvalue weighted by atomic mass is 10.3. The van der Waals surface area contributed by atoms with Crippen LogP contribution >= 0.6 is 0 Å². The lowest BCUT2D eigenvalue weighted by Crippen LogP contribution is -2.19. The average molecular weight is 418 g/mol. The average Bonchev–Trinajstić information content (AvgIpc) is 3.06. The van der Waals surface area contributed by atoms with Crippen LogP contribution in [0.2, 0.25) is 0 Å². The summed E-state index contributed by atoms with van der Waals surface area (Å²) < 4.78 is 53.9. The number of aromatic nitrogens is 6. The Bertz CT molecular complexity index is 1190. The quantitative estimate of drug-likeness (QED) is 0.477. The second kappa shape index (κ2) is 7.54. The number of imidazole rings is 1. The molecule has 8 nitrogen and oxygen atoms in total. The van der Waals surface area contributed by atoms with E-state index in [4.69, 9.17) is 0 Å². The van der Waals surface area contributed by atoms with E-state index in [0.717, 1.165) is 4.57 Å². The van der Waals surface area contributed by atoms with Crippen molar-refractivity contribution < 1.29 is 17.6 Å². The van der Waals surface area contributed by atoms with Crippen LogP contribution in [0, 0.1) is 5.82 Å². The first-order chi connectivity index (χ1) is 14.3. The molecule has 4 aromatic rings. The van der Waals surface area contributed by atoms with E-state index in [1.807, 2.05) is 0 Å². The molecule has 3 heterocycles. The molecule has 0 radical (unpaired) electrons. The third-order valence-electron chi connectivity index (χ3n) is 4.03. The number of fused-ring (bicyclic) bond motifs is 1. The third kappa shape index (κ3) is 4.11. The van der Waals surface area contributed by atoms with Crippen molar-refractivity contribution in [3.05, 3.63) is 48.5 Å². The Labute approximate surface area is 167 Å². The zero-order chi connectivity index (χ0) is 21.3. The van der Waals surface area contributed by atoms with Gasteiger partial charge in [-0.1, -0.05) is 0 Å². The summed E-state index contributed by atoms with van der Waals surface area (Å²) in [5, 5.41) is 5.57. The van der Waals surface area contributed by atoms with Gasteiger partial charge < -0.3 is 10.6 Å². The predicted octanol–water partition coefficient (Wildman–Crippen LogP) is 3.77. The van der Waals surface area contributed by atoms with Crippen LogP contribution in [0.15, 0.2) is 42.7 Å². The fourth-order valence-corrected chi connectivity index (χ4v) is 2.77. The number of nitrogens with zero attached hydrogens (tertiary/aromatic N) is 6. The first-order valence-corrected chi connectivity index (χ1v) is 8.66. The van der Waals surface area contributed by atoms with Crippen molar-refractivity contribution in [2.45, 2.75) is 12.7 Å². The Morgan fingerprint density at radius 3 is 2.43 bits per heavy atom. The number of rotatable bonds is 5. The summed E-state index contributed by atoms with van der Waals surface area (Å²) >= 11 is 0. The Kier molecular flexibility index (Phi) is 4.90. The molecule has 0 unspecified atom stereocenters. The van der Waals surface area contributed by atoms with E-state index in [1.165, 1.54) is 42.7 Å². The Morgan fingerprint density at radius 2 is 1.73 bits per heavy atom. The van der Waals surface area contributed by atoms with Gasteiger partial charge in [-0.15, -0.1) is 0 Å². The summed E-state index contributed by atoms with van der Waals surface area (Å²) in [4.78, 5) is 20.7. The monoisotopic (exact) mass is 418 g/mol. The van der Waals surface area contributed by atoms with E-state index in [0.29, 0.717) is 5.69 Å². The van der Waals surface area contributed by atoms with E-state index in [9.17, 15) is 17.6 Å². The number of alkyl halides is 3. The van der Waals surface area contributed by atoms with Gasteiger partial charge >= 0.3 is 6.18 Å². The molecule has 30 heavy (non-hydrogen) atoms. The summed E-state index contributed by atoms with van der Waals surface area (Å²) in [7, 11) is 1.59. The van der Waals surface area contributed by atoms with Crippen molar-refractivity contribution in [1.82, 2.24) is 29.5 Å². The molecule has 0 atom stereocenters. The van der Waals surface area contributed by atoms with Gasteiger partial charge in [-0.05, 0) is 30.3 Å². The Hall–Kier alpha value is -3.83. The first-order valence-electron chi connectivity index (χ1n) is 8.66. The largest absolute Gasteiger partial charge is 0.406 e. The highest BCUT2D eigenvalue weighted by Gasteiger charge is 2.31. The van der Waals surface area contributed by atoms with E-state index in [-0.39, 0.29) is 34.6 Å². The molecule has 2 N–H and O–H groups in total. The lowest BCUT2D eigenvalue weighted by Gasteiger charge is -2.12. The molecular weight excluding hydrogens is 404 g/mol. The van der Waals surface area contributed by atoms with Crippen LogP contribution in [0.4, 0.5) is 35.1 Å². The van der Waals surface area contributed by atoms with Crippen LogP contribution < -0.4 is 10.6 Å². The van der Waals surface area contributed by atoms with Crippen molar-refractivity contribution in [3.63, 3.8) is 0 Å². The smallest absolute Gasteiger partial charge is 0.357 e. The molecular formula is C18H14F4N8. The second-order valence-electron chi connectivity index (χ2n) is 6.19. The number of benzene rings is 1. The van der Waals surface area contributed by atoms with Gasteiger partial charge in [0, 0.05) is 18.9 Å². The zero-order valence-electron chi connectivity index (χ0n) is 15.4. The van der Waals surface area contributed by atoms with Crippen molar-refractivity contribution in [2.75, 3.05) is 17.7 Å². The maximum absolute atomic E-state index is 13.3. The van der Waals surface area contributed by atoms with E-state index >= 15 is 0 Å². The highest BCUT2D eigenvalue weighted by atomic mass is 19.4. The Balaban J connectivity index is 1.81. The van der Waals surface area contributed by atoms with Crippen LogP contribution in [0.25, 0.3) is 22.7 Å². The maximum atomic E-state index is 13.3. The highest BCUT2D eigenvalue weighted by molar-refractivity contribution is 5.77. The number of nitrogens with one attached hydrogen (secondary N) is 2. The fraction of sp³-hybridized carbons (Fsp3) is 0.167. The molecule has 0 aliphatic carbocycles. The van der Waals surface area contributed by atoms with Crippen LogP contribution in [-0.4, -0.2) is 42.7 Å². The summed E-state index contributed by atoms with van der Waals surface area (Å²) in [6.07, 6.45) is -1.79. The summed E-state index contributed by atoms with van der Waals surface area (Å²) in [6.45, 7) is -1.31. The molecule has 1 aromatic carbocycles. The SMILES string of the molecule is CNc1nccc(-c2nc3cnc(Nc4ccc(F)cc4)nc3n2CC(F)(F)F)n1. The minimum absolute atomic E-state index is 0.0190. The van der Waals surface area contributed by atoms with E-state index in [1.54, 1.807) is 7.05 Å². The van der Waals surface area contributed by atoms with Crippen LogP contribution in [0.3, 0.4) is 0 Å². The molecule has 0 aliphatic rings. The van der Waals surface area contributed by atoms with Crippen LogP contribution in [-0.2, 0) is 6.54 Å². The van der Waals surface area contributed by atoms with Crippen molar-refractivity contribution >= 4 is 28.7 Å². The van der Waals surface area contributed by atoms with Gasteiger partial charge in [0.25, 0.3) is 0 Å². The molecule has 3 aromatic heterocycles. The predicted molar refractivity (Wildman–Crippen MR) is 102 cm³/mol. The Morgan fingerprint density at radius 1 is 0.967 bits per heavy atom. The first kappa shape index (κ1) is 19.5. The lowest BCUT2D eigenvalue weighted by molar-refractivity contribution is -0.139. The number of halogens is 4. The number of hydrogen-bond acceptors (Lipinski definition) is 7. The molecule has 154 valence electrons. The van der Waals surface area contributed by atoms with Gasteiger partial charge in [0.05, 0.1) is 6.20 Å². The van der Waals surface area contributed by atoms with Crippen LogP contribution in [0.5, 0.6) is 0 Å². The maximum Gasteiger partial charge on any atom is 0.406 e. The normalized spacial score (nSPS) is 11.6. The van der Waals surface area contributed by atoms with Crippen molar-refractivity contribution in [2.24, 2.45) is 0 Å². The molecule has 0 amide bonds. The van der Waals surface area contributed by atoms with Gasteiger partial charge in [-0.25, -0.2) is 24.3 Å². The zero-order valence-corrected chi connectivity index (χ0v) is 15.4. The topological polar surface area (TPSA) is 93.4 Å². The van der Waals surface area contributed by atoms with E-state index < -0.39 is 18.5 Å². The van der Waals surface area contributed by atoms with Gasteiger partial charge in [0.2, 0.25) is 11.9 Å². The van der Waals surface area contributed by atoms with Crippen molar-refractivity contribution in [3.8, 4) is 11.5 Å². The minimum Gasteiger partial charge on any atom is -0.357 e.